The third-order valence-corrected chi connectivity index (χ3v) is 5.25. The lowest BCUT2D eigenvalue weighted by molar-refractivity contribution is -0.120. The zero-order chi connectivity index (χ0) is 18.3. The van der Waals surface area contributed by atoms with E-state index in [2.05, 4.69) is 10.2 Å². The topological polar surface area (TPSA) is 65.8 Å². The summed E-state index contributed by atoms with van der Waals surface area (Å²) >= 11 is 0. The van der Waals surface area contributed by atoms with Gasteiger partial charge in [-0.05, 0) is 56.5 Å². The molecule has 136 valence electrons. The van der Waals surface area contributed by atoms with Crippen LogP contribution in [-0.4, -0.2) is 31.4 Å². The van der Waals surface area contributed by atoms with Crippen LogP contribution in [0.5, 0.6) is 0 Å². The fourth-order valence-electron chi connectivity index (χ4n) is 3.84. The molecule has 2 aliphatic rings. The van der Waals surface area contributed by atoms with Crippen LogP contribution in [0, 0.1) is 6.92 Å². The van der Waals surface area contributed by atoms with E-state index < -0.39 is 0 Å². The molecule has 0 bridgehead atoms. The first-order valence-electron chi connectivity index (χ1n) is 9.06. The van der Waals surface area contributed by atoms with Gasteiger partial charge in [0, 0.05) is 19.2 Å². The predicted molar refractivity (Wildman–Crippen MR) is 99.5 cm³/mol. The monoisotopic (exact) mass is 353 g/mol. The Balaban J connectivity index is 1.56. The van der Waals surface area contributed by atoms with Crippen molar-refractivity contribution in [2.24, 2.45) is 0 Å². The molecule has 0 aliphatic carbocycles. The third-order valence-electron chi connectivity index (χ3n) is 5.25. The van der Waals surface area contributed by atoms with Crippen molar-refractivity contribution >= 4 is 23.2 Å². The van der Waals surface area contributed by atoms with Crippen LogP contribution >= 0.6 is 0 Å². The van der Waals surface area contributed by atoms with Crippen molar-refractivity contribution in [2.75, 3.05) is 23.4 Å². The van der Waals surface area contributed by atoms with Crippen LogP contribution in [0.15, 0.2) is 34.7 Å². The zero-order valence-electron chi connectivity index (χ0n) is 15.1. The molecule has 1 fully saturated rings. The van der Waals surface area contributed by atoms with Crippen molar-refractivity contribution in [3.63, 3.8) is 0 Å². The maximum Gasteiger partial charge on any atom is 0.251 e. The van der Waals surface area contributed by atoms with Gasteiger partial charge >= 0.3 is 0 Å². The number of hydrogen-bond donors (Lipinski definition) is 1. The number of benzene rings is 1. The summed E-state index contributed by atoms with van der Waals surface area (Å²) in [5.41, 5.74) is 2.38. The smallest absolute Gasteiger partial charge is 0.251 e. The summed E-state index contributed by atoms with van der Waals surface area (Å²) in [6, 6.07) is 9.25. The molecule has 6 nitrogen and oxygen atoms in total. The number of hydrogen-bond acceptors (Lipinski definition) is 4. The van der Waals surface area contributed by atoms with Gasteiger partial charge in [-0.15, -0.1) is 0 Å². The SMILES string of the molecule is Cc1ccc(CNC(=O)c2ccc3c(c2)N(C)C(=O)C2CCCCN32)o1. The summed E-state index contributed by atoms with van der Waals surface area (Å²) in [5.74, 6) is 1.47. The number of aryl methyl sites for hydroxylation is 1. The normalized spacial score (nSPS) is 19.2. The molecule has 1 aromatic carbocycles. The van der Waals surface area contributed by atoms with Gasteiger partial charge in [0.2, 0.25) is 5.91 Å². The van der Waals surface area contributed by atoms with Crippen LogP contribution < -0.4 is 15.1 Å². The van der Waals surface area contributed by atoms with Crippen LogP contribution in [-0.2, 0) is 11.3 Å². The van der Waals surface area contributed by atoms with Crippen LogP contribution in [0.1, 0.15) is 41.1 Å². The molecule has 3 heterocycles. The number of fused-ring (bicyclic) bond motifs is 3. The third kappa shape index (κ3) is 2.85. The van der Waals surface area contributed by atoms with Crippen LogP contribution in [0.2, 0.25) is 0 Å². The van der Waals surface area contributed by atoms with Crippen molar-refractivity contribution < 1.29 is 14.0 Å². The summed E-state index contributed by atoms with van der Waals surface area (Å²) in [4.78, 5) is 29.1. The molecule has 1 unspecified atom stereocenters. The lowest BCUT2D eigenvalue weighted by Gasteiger charge is -2.44. The van der Waals surface area contributed by atoms with Gasteiger partial charge in [-0.1, -0.05) is 0 Å². The second kappa shape index (κ2) is 6.52. The Morgan fingerprint density at radius 2 is 2.08 bits per heavy atom. The number of likely N-dealkylation sites (N-methyl/N-ethyl adjacent to an activating group) is 1. The van der Waals surface area contributed by atoms with Crippen LogP contribution in [0.25, 0.3) is 0 Å². The predicted octanol–water partition coefficient (Wildman–Crippen LogP) is 2.85. The summed E-state index contributed by atoms with van der Waals surface area (Å²) in [6.45, 7) is 3.10. The highest BCUT2D eigenvalue weighted by molar-refractivity contribution is 6.07. The van der Waals surface area contributed by atoms with E-state index in [-0.39, 0.29) is 17.9 Å². The van der Waals surface area contributed by atoms with Gasteiger partial charge < -0.3 is 19.5 Å². The first-order valence-corrected chi connectivity index (χ1v) is 9.06. The lowest BCUT2D eigenvalue weighted by Crippen LogP contribution is -2.54. The average Bonchev–Trinajstić information content (AvgIpc) is 3.09. The van der Waals surface area contributed by atoms with E-state index in [0.29, 0.717) is 12.1 Å². The summed E-state index contributed by atoms with van der Waals surface area (Å²) in [6.07, 6.45) is 3.08. The number of piperidine rings is 1. The number of anilines is 2. The molecule has 0 radical (unpaired) electrons. The Morgan fingerprint density at radius 1 is 1.23 bits per heavy atom. The average molecular weight is 353 g/mol. The maximum absolute atomic E-state index is 12.7. The highest BCUT2D eigenvalue weighted by Crippen LogP contribution is 2.39. The summed E-state index contributed by atoms with van der Waals surface area (Å²) in [5, 5.41) is 2.87. The van der Waals surface area contributed by atoms with Crippen molar-refractivity contribution in [1.82, 2.24) is 5.32 Å². The molecule has 26 heavy (non-hydrogen) atoms. The van der Waals surface area contributed by atoms with Gasteiger partial charge in [0.05, 0.1) is 17.9 Å². The van der Waals surface area contributed by atoms with Gasteiger partial charge in [-0.25, -0.2) is 0 Å². The minimum atomic E-state index is -0.177. The Hall–Kier alpha value is -2.76. The molecule has 0 spiro atoms. The minimum absolute atomic E-state index is 0.0666. The van der Waals surface area contributed by atoms with Gasteiger partial charge in [0.25, 0.3) is 5.91 Å². The van der Waals surface area contributed by atoms with Crippen molar-refractivity contribution in [2.45, 2.75) is 38.8 Å². The van der Waals surface area contributed by atoms with E-state index in [0.717, 1.165) is 48.7 Å². The molecule has 0 saturated carbocycles. The van der Waals surface area contributed by atoms with Gasteiger partial charge in [-0.2, -0.15) is 0 Å². The van der Waals surface area contributed by atoms with Crippen molar-refractivity contribution in [1.29, 1.82) is 0 Å². The number of carbonyl (C=O) groups is 2. The van der Waals surface area contributed by atoms with E-state index in [9.17, 15) is 9.59 Å². The molecule has 2 aromatic rings. The number of furan rings is 1. The zero-order valence-corrected chi connectivity index (χ0v) is 15.1. The van der Waals surface area contributed by atoms with Gasteiger partial charge in [-0.3, -0.25) is 9.59 Å². The van der Waals surface area contributed by atoms with E-state index in [1.807, 2.05) is 31.2 Å². The lowest BCUT2D eigenvalue weighted by atomic mass is 9.96. The van der Waals surface area contributed by atoms with Gasteiger partial charge in [0.15, 0.2) is 0 Å². The Bertz CT molecular complexity index is 858. The molecule has 2 amide bonds. The van der Waals surface area contributed by atoms with Crippen molar-refractivity contribution in [3.05, 3.63) is 47.4 Å². The number of nitrogens with zero attached hydrogens (tertiary/aromatic N) is 2. The molecule has 1 atom stereocenters. The quantitative estimate of drug-likeness (QED) is 0.921. The largest absolute Gasteiger partial charge is 0.465 e. The molecule has 1 N–H and O–H groups in total. The van der Waals surface area contributed by atoms with E-state index in [1.165, 1.54) is 0 Å². The van der Waals surface area contributed by atoms with Crippen LogP contribution in [0.4, 0.5) is 11.4 Å². The Morgan fingerprint density at radius 3 is 2.85 bits per heavy atom. The molecular formula is C20H23N3O3. The Kier molecular flexibility index (Phi) is 4.18. The molecule has 1 saturated heterocycles. The van der Waals surface area contributed by atoms with E-state index in [1.54, 1.807) is 18.0 Å². The molecule has 1 aromatic heterocycles. The molecule has 4 rings (SSSR count). The fourth-order valence-corrected chi connectivity index (χ4v) is 3.84. The summed E-state index contributed by atoms with van der Waals surface area (Å²) < 4.78 is 5.48. The van der Waals surface area contributed by atoms with E-state index in [4.69, 9.17) is 4.42 Å². The standard InChI is InChI=1S/C20H23N3O3/c1-13-6-8-15(26-13)12-21-19(24)14-7-9-16-18(11-14)22(2)20(25)17-5-3-4-10-23(16)17/h6-9,11,17H,3-5,10,12H2,1-2H3,(H,21,24). The van der Waals surface area contributed by atoms with E-state index >= 15 is 0 Å². The highest BCUT2D eigenvalue weighted by Gasteiger charge is 2.37. The number of rotatable bonds is 3. The highest BCUT2D eigenvalue weighted by atomic mass is 16.3. The molecular weight excluding hydrogens is 330 g/mol. The Labute approximate surface area is 152 Å². The first kappa shape index (κ1) is 16.7. The second-order valence-corrected chi connectivity index (χ2v) is 7.00. The number of carbonyl (C=O) groups excluding carboxylic acids is 2. The fraction of sp³-hybridized carbons (Fsp3) is 0.400. The van der Waals surface area contributed by atoms with Crippen LogP contribution in [0.3, 0.4) is 0 Å². The number of amides is 2. The molecule has 2 aliphatic heterocycles. The first-order chi connectivity index (χ1) is 12.5. The van der Waals surface area contributed by atoms with Gasteiger partial charge in [0.1, 0.15) is 17.6 Å². The number of nitrogens with one attached hydrogen (secondary N) is 1. The molecule has 6 heteroatoms. The van der Waals surface area contributed by atoms with Crippen molar-refractivity contribution in [3.8, 4) is 0 Å². The minimum Gasteiger partial charge on any atom is -0.465 e. The maximum atomic E-state index is 12.7. The second-order valence-electron chi connectivity index (χ2n) is 7.00. The summed E-state index contributed by atoms with van der Waals surface area (Å²) in [7, 11) is 1.79.